The molecular weight excluding hydrogens is 249 g/mol. The van der Waals surface area contributed by atoms with Crippen molar-refractivity contribution in [2.24, 2.45) is 0 Å². The van der Waals surface area contributed by atoms with Crippen LogP contribution < -0.4 is 0 Å². The highest BCUT2D eigenvalue weighted by atomic mass is 32.2. The molecule has 3 nitrogen and oxygen atoms in total. The molecule has 3 rings (SSSR count). The summed E-state index contributed by atoms with van der Waals surface area (Å²) in [5.41, 5.74) is 1.76. The van der Waals surface area contributed by atoms with Crippen molar-refractivity contribution in [2.45, 2.75) is 10.9 Å². The molecule has 1 aromatic carbocycles. The van der Waals surface area contributed by atoms with Crippen molar-refractivity contribution in [2.75, 3.05) is 0 Å². The van der Waals surface area contributed by atoms with Gasteiger partial charge in [0.05, 0.1) is 0 Å². The highest BCUT2D eigenvalue weighted by Gasteiger charge is 2.05. The zero-order chi connectivity index (χ0) is 12.4. The average Bonchev–Trinajstić information content (AvgIpc) is 2.80. The van der Waals surface area contributed by atoms with Gasteiger partial charge in [0.15, 0.2) is 10.8 Å². The van der Waals surface area contributed by atoms with Crippen LogP contribution in [0.5, 0.6) is 0 Å². The first kappa shape index (κ1) is 11.2. The topological polar surface area (TPSA) is 30.2 Å². The molecule has 0 unspecified atom stereocenters. The number of rotatable bonds is 3. The molecule has 0 amide bonds. The van der Waals surface area contributed by atoms with Gasteiger partial charge in [-0.1, -0.05) is 30.0 Å². The fourth-order valence-electron chi connectivity index (χ4n) is 1.69. The summed E-state index contributed by atoms with van der Waals surface area (Å²) < 4.78 is 15.0. The Hall–Kier alpha value is -1.88. The lowest BCUT2D eigenvalue weighted by atomic mass is 10.2. The fourth-order valence-corrected chi connectivity index (χ4v) is 2.56. The summed E-state index contributed by atoms with van der Waals surface area (Å²) in [6, 6.07) is 12.4. The van der Waals surface area contributed by atoms with E-state index in [1.165, 1.54) is 12.1 Å². The van der Waals surface area contributed by atoms with E-state index in [-0.39, 0.29) is 5.82 Å². The molecule has 2 aromatic heterocycles. The second-order valence-corrected chi connectivity index (χ2v) is 4.77. The molecule has 0 aliphatic heterocycles. The predicted octanol–water partition coefficient (Wildman–Crippen LogP) is 3.16. The standard InChI is InChI=1S/C13H10FN3S/c14-11-5-3-4-10(8-11)9-18-13-16-15-12-6-1-2-7-17(12)13/h1-8H,9H2. The van der Waals surface area contributed by atoms with E-state index in [0.29, 0.717) is 5.75 Å². The van der Waals surface area contributed by atoms with Crippen molar-refractivity contribution in [3.8, 4) is 0 Å². The third-order valence-electron chi connectivity index (χ3n) is 2.54. The Labute approximate surface area is 108 Å². The molecular formula is C13H10FN3S. The number of aromatic nitrogens is 3. The van der Waals surface area contributed by atoms with Gasteiger partial charge < -0.3 is 0 Å². The molecule has 18 heavy (non-hydrogen) atoms. The number of thioether (sulfide) groups is 1. The second-order valence-electron chi connectivity index (χ2n) is 3.83. The zero-order valence-electron chi connectivity index (χ0n) is 9.45. The second kappa shape index (κ2) is 4.78. The minimum Gasteiger partial charge on any atom is -0.277 e. The summed E-state index contributed by atoms with van der Waals surface area (Å²) in [7, 11) is 0. The summed E-state index contributed by atoms with van der Waals surface area (Å²) in [4.78, 5) is 0. The third kappa shape index (κ3) is 2.22. The van der Waals surface area contributed by atoms with E-state index in [9.17, 15) is 4.39 Å². The Kier molecular flexibility index (Phi) is 2.98. The SMILES string of the molecule is Fc1cccc(CSc2nnc3ccccn23)c1. The quantitative estimate of drug-likeness (QED) is 0.677. The van der Waals surface area contributed by atoms with Gasteiger partial charge in [0, 0.05) is 11.9 Å². The number of halogens is 1. The number of hydrogen-bond donors (Lipinski definition) is 0. The van der Waals surface area contributed by atoms with Gasteiger partial charge in [-0.2, -0.15) is 0 Å². The Bertz CT molecular complexity index is 681. The molecule has 0 radical (unpaired) electrons. The molecule has 2 heterocycles. The van der Waals surface area contributed by atoms with Crippen LogP contribution in [-0.4, -0.2) is 14.6 Å². The van der Waals surface area contributed by atoms with Gasteiger partial charge in [0.25, 0.3) is 0 Å². The molecule has 0 N–H and O–H groups in total. The van der Waals surface area contributed by atoms with Gasteiger partial charge in [-0.15, -0.1) is 10.2 Å². The zero-order valence-corrected chi connectivity index (χ0v) is 10.3. The van der Waals surface area contributed by atoms with Crippen LogP contribution in [0.2, 0.25) is 0 Å². The van der Waals surface area contributed by atoms with Crippen LogP contribution in [0.1, 0.15) is 5.56 Å². The normalized spacial score (nSPS) is 10.9. The highest BCUT2D eigenvalue weighted by Crippen LogP contribution is 2.21. The maximum atomic E-state index is 13.0. The number of pyridine rings is 1. The van der Waals surface area contributed by atoms with Crippen molar-refractivity contribution in [3.05, 3.63) is 60.0 Å². The largest absolute Gasteiger partial charge is 0.277 e. The molecule has 0 spiro atoms. The lowest BCUT2D eigenvalue weighted by Crippen LogP contribution is -1.88. The molecule has 0 saturated carbocycles. The number of hydrogen-bond acceptors (Lipinski definition) is 3. The van der Waals surface area contributed by atoms with Crippen LogP contribution in [-0.2, 0) is 5.75 Å². The van der Waals surface area contributed by atoms with Gasteiger partial charge in [-0.3, -0.25) is 4.40 Å². The van der Waals surface area contributed by atoms with E-state index in [2.05, 4.69) is 10.2 Å². The van der Waals surface area contributed by atoms with Gasteiger partial charge in [0.1, 0.15) is 5.82 Å². The summed E-state index contributed by atoms with van der Waals surface area (Å²) >= 11 is 1.54. The first-order valence-corrected chi connectivity index (χ1v) is 6.48. The van der Waals surface area contributed by atoms with E-state index < -0.39 is 0 Å². The highest BCUT2D eigenvalue weighted by molar-refractivity contribution is 7.98. The summed E-state index contributed by atoms with van der Waals surface area (Å²) in [6.07, 6.45) is 1.92. The lowest BCUT2D eigenvalue weighted by molar-refractivity contribution is 0.626. The van der Waals surface area contributed by atoms with Crippen LogP contribution in [0.15, 0.2) is 53.8 Å². The summed E-state index contributed by atoms with van der Waals surface area (Å²) in [5, 5.41) is 9.00. The van der Waals surface area contributed by atoms with Gasteiger partial charge >= 0.3 is 0 Å². The van der Waals surface area contributed by atoms with E-state index in [4.69, 9.17) is 0 Å². The minimum absolute atomic E-state index is 0.209. The van der Waals surface area contributed by atoms with Crippen molar-refractivity contribution >= 4 is 17.4 Å². The van der Waals surface area contributed by atoms with Crippen molar-refractivity contribution in [1.82, 2.24) is 14.6 Å². The van der Waals surface area contributed by atoms with Crippen molar-refractivity contribution in [3.63, 3.8) is 0 Å². The number of benzene rings is 1. The Morgan fingerprint density at radius 1 is 1.11 bits per heavy atom. The monoisotopic (exact) mass is 259 g/mol. The molecule has 0 atom stereocenters. The first-order valence-electron chi connectivity index (χ1n) is 5.50. The average molecular weight is 259 g/mol. The van der Waals surface area contributed by atoms with E-state index in [1.54, 1.807) is 17.8 Å². The lowest BCUT2D eigenvalue weighted by Gasteiger charge is -2.00. The molecule has 0 aliphatic carbocycles. The number of nitrogens with zero attached hydrogens (tertiary/aromatic N) is 3. The Morgan fingerprint density at radius 2 is 2.06 bits per heavy atom. The van der Waals surface area contributed by atoms with E-state index in [1.807, 2.05) is 34.9 Å². The van der Waals surface area contributed by atoms with Crippen LogP contribution in [0.4, 0.5) is 4.39 Å². The molecule has 0 aliphatic rings. The molecule has 0 bridgehead atoms. The molecule has 90 valence electrons. The van der Waals surface area contributed by atoms with Crippen LogP contribution in [0, 0.1) is 5.82 Å². The van der Waals surface area contributed by atoms with Gasteiger partial charge in [0.2, 0.25) is 0 Å². The van der Waals surface area contributed by atoms with Crippen LogP contribution in [0.25, 0.3) is 5.65 Å². The fraction of sp³-hybridized carbons (Fsp3) is 0.0769. The summed E-state index contributed by atoms with van der Waals surface area (Å²) in [5.74, 6) is 0.465. The van der Waals surface area contributed by atoms with Crippen LogP contribution >= 0.6 is 11.8 Å². The molecule has 0 saturated heterocycles. The Balaban J connectivity index is 1.81. The van der Waals surface area contributed by atoms with Gasteiger partial charge in [-0.25, -0.2) is 4.39 Å². The first-order chi connectivity index (χ1) is 8.83. The third-order valence-corrected chi connectivity index (χ3v) is 3.55. The predicted molar refractivity (Wildman–Crippen MR) is 68.9 cm³/mol. The summed E-state index contributed by atoms with van der Waals surface area (Å²) in [6.45, 7) is 0. The molecule has 5 heteroatoms. The van der Waals surface area contributed by atoms with Gasteiger partial charge in [-0.05, 0) is 29.8 Å². The number of fused-ring (bicyclic) bond motifs is 1. The minimum atomic E-state index is -0.209. The Morgan fingerprint density at radius 3 is 2.94 bits per heavy atom. The van der Waals surface area contributed by atoms with Crippen molar-refractivity contribution < 1.29 is 4.39 Å². The van der Waals surface area contributed by atoms with Crippen LogP contribution in [0.3, 0.4) is 0 Å². The molecule has 0 fully saturated rings. The molecule has 3 aromatic rings. The van der Waals surface area contributed by atoms with E-state index in [0.717, 1.165) is 16.4 Å². The van der Waals surface area contributed by atoms with E-state index >= 15 is 0 Å². The van der Waals surface area contributed by atoms with Crippen molar-refractivity contribution in [1.29, 1.82) is 0 Å². The maximum Gasteiger partial charge on any atom is 0.195 e. The smallest absolute Gasteiger partial charge is 0.195 e. The maximum absolute atomic E-state index is 13.0.